The number of para-hydroxylation sites is 1. The number of benzene rings is 1. The summed E-state index contributed by atoms with van der Waals surface area (Å²) in [5.74, 6) is -0.240. The Bertz CT molecular complexity index is 750. The van der Waals surface area contributed by atoms with Gasteiger partial charge < -0.3 is 0 Å². The summed E-state index contributed by atoms with van der Waals surface area (Å²) in [7, 11) is 0. The Kier molecular flexibility index (Phi) is 3.74. The molecule has 0 spiro atoms. The van der Waals surface area contributed by atoms with Gasteiger partial charge in [-0.25, -0.2) is 4.68 Å². The van der Waals surface area contributed by atoms with Crippen LogP contribution < -0.4 is 5.32 Å². The second-order valence-corrected chi connectivity index (χ2v) is 5.38. The third kappa shape index (κ3) is 2.97. The molecule has 21 heavy (non-hydrogen) atoms. The number of hydrogen-bond donors (Lipinski definition) is 1. The Hall–Kier alpha value is -2.54. The molecule has 0 unspecified atom stereocenters. The minimum atomic E-state index is -0.240. The normalized spacial score (nSPS) is 10.5. The molecule has 106 valence electrons. The van der Waals surface area contributed by atoms with Crippen molar-refractivity contribution in [1.82, 2.24) is 20.0 Å². The number of carbonyl (C=O) groups is 1. The topological polar surface area (TPSA) is 72.7 Å². The van der Waals surface area contributed by atoms with E-state index in [9.17, 15) is 4.79 Å². The van der Waals surface area contributed by atoms with E-state index in [4.69, 9.17) is 0 Å². The number of aromatic nitrogens is 4. The number of carbonyl (C=O) groups excluding carboxylic acids is 1. The smallest absolute Gasteiger partial charge is 0.260 e. The first-order chi connectivity index (χ1) is 10.3. The fourth-order valence-electron chi connectivity index (χ4n) is 1.78. The lowest BCUT2D eigenvalue weighted by atomic mass is 10.3. The van der Waals surface area contributed by atoms with Crippen LogP contribution in [-0.2, 0) is 6.42 Å². The Labute approximate surface area is 125 Å². The Morgan fingerprint density at radius 3 is 2.81 bits per heavy atom. The summed E-state index contributed by atoms with van der Waals surface area (Å²) in [6, 6.07) is 9.62. The average molecular weight is 299 g/mol. The molecule has 0 fully saturated rings. The Morgan fingerprint density at radius 2 is 2.10 bits per heavy atom. The van der Waals surface area contributed by atoms with Crippen LogP contribution in [0.25, 0.3) is 5.69 Å². The monoisotopic (exact) mass is 299 g/mol. The van der Waals surface area contributed by atoms with Gasteiger partial charge in [-0.2, -0.15) is 5.10 Å². The van der Waals surface area contributed by atoms with Crippen LogP contribution in [0.1, 0.15) is 22.3 Å². The lowest BCUT2D eigenvalue weighted by Gasteiger charge is -1.99. The predicted molar refractivity (Wildman–Crippen MR) is 80.8 cm³/mol. The maximum absolute atomic E-state index is 12.1. The maximum atomic E-state index is 12.1. The van der Waals surface area contributed by atoms with Gasteiger partial charge in [0.25, 0.3) is 5.91 Å². The summed E-state index contributed by atoms with van der Waals surface area (Å²) in [6.45, 7) is 2.00. The summed E-state index contributed by atoms with van der Waals surface area (Å²) in [4.78, 5) is 12.1. The molecule has 0 aliphatic heterocycles. The molecule has 7 heteroatoms. The number of anilines is 1. The molecule has 3 aromatic rings. The third-order valence-corrected chi connectivity index (χ3v) is 3.84. The van der Waals surface area contributed by atoms with Crippen LogP contribution in [0.2, 0.25) is 0 Å². The fourth-order valence-corrected chi connectivity index (χ4v) is 2.45. The highest BCUT2D eigenvalue weighted by Gasteiger charge is 2.12. The van der Waals surface area contributed by atoms with E-state index in [1.54, 1.807) is 10.9 Å². The molecule has 1 aromatic carbocycles. The highest BCUT2D eigenvalue weighted by molar-refractivity contribution is 7.15. The van der Waals surface area contributed by atoms with E-state index in [0.717, 1.165) is 17.1 Å². The summed E-state index contributed by atoms with van der Waals surface area (Å²) < 4.78 is 1.66. The molecule has 0 radical (unpaired) electrons. The quantitative estimate of drug-likeness (QED) is 0.803. The summed E-state index contributed by atoms with van der Waals surface area (Å²) in [5, 5.41) is 16.2. The second kappa shape index (κ2) is 5.84. The molecule has 6 nitrogen and oxygen atoms in total. The lowest BCUT2D eigenvalue weighted by molar-refractivity contribution is 0.102. The molecule has 0 saturated heterocycles. The third-order valence-electron chi connectivity index (χ3n) is 2.86. The van der Waals surface area contributed by atoms with Crippen molar-refractivity contribution in [3.63, 3.8) is 0 Å². The Morgan fingerprint density at radius 1 is 1.29 bits per heavy atom. The number of amides is 1. The van der Waals surface area contributed by atoms with Gasteiger partial charge >= 0.3 is 0 Å². The van der Waals surface area contributed by atoms with Gasteiger partial charge in [-0.15, -0.1) is 10.2 Å². The number of hydrogen-bond acceptors (Lipinski definition) is 5. The van der Waals surface area contributed by atoms with E-state index < -0.39 is 0 Å². The van der Waals surface area contributed by atoms with Crippen LogP contribution >= 0.6 is 11.3 Å². The van der Waals surface area contributed by atoms with E-state index in [1.165, 1.54) is 17.5 Å². The number of nitrogens with one attached hydrogen (secondary N) is 1. The van der Waals surface area contributed by atoms with Gasteiger partial charge in [0, 0.05) is 6.20 Å². The van der Waals surface area contributed by atoms with E-state index in [2.05, 4.69) is 20.6 Å². The van der Waals surface area contributed by atoms with E-state index in [1.807, 2.05) is 37.3 Å². The highest BCUT2D eigenvalue weighted by atomic mass is 32.1. The molecule has 1 amide bonds. The summed E-state index contributed by atoms with van der Waals surface area (Å²) >= 11 is 1.38. The van der Waals surface area contributed by atoms with Crippen LogP contribution in [0.15, 0.2) is 42.7 Å². The van der Waals surface area contributed by atoms with Crippen molar-refractivity contribution >= 4 is 22.4 Å². The molecule has 0 saturated carbocycles. The highest BCUT2D eigenvalue weighted by Crippen LogP contribution is 2.16. The van der Waals surface area contributed by atoms with Crippen molar-refractivity contribution in [2.24, 2.45) is 0 Å². The van der Waals surface area contributed by atoms with Gasteiger partial charge in [0.05, 0.1) is 17.4 Å². The average Bonchev–Trinajstić information content (AvgIpc) is 3.17. The van der Waals surface area contributed by atoms with Crippen LogP contribution in [0, 0.1) is 0 Å². The number of nitrogens with zero attached hydrogens (tertiary/aromatic N) is 4. The van der Waals surface area contributed by atoms with Crippen LogP contribution in [-0.4, -0.2) is 25.9 Å². The van der Waals surface area contributed by atoms with E-state index in [-0.39, 0.29) is 5.91 Å². The number of aryl methyl sites for hydroxylation is 1. The van der Waals surface area contributed by atoms with Gasteiger partial charge in [0.1, 0.15) is 5.01 Å². The standard InChI is InChI=1S/C14H13N5OS/c1-2-12-17-18-14(21-12)16-13(20)10-8-15-19(9-10)11-6-4-3-5-7-11/h3-9H,2H2,1H3,(H,16,18,20). The van der Waals surface area contributed by atoms with Gasteiger partial charge in [-0.3, -0.25) is 10.1 Å². The van der Waals surface area contributed by atoms with Crippen molar-refractivity contribution in [2.75, 3.05) is 5.32 Å². The first-order valence-corrected chi connectivity index (χ1v) is 7.31. The predicted octanol–water partition coefficient (Wildman–Crippen LogP) is 2.54. The molecule has 2 aromatic heterocycles. The van der Waals surface area contributed by atoms with Gasteiger partial charge in [0.2, 0.25) is 5.13 Å². The first-order valence-electron chi connectivity index (χ1n) is 6.50. The van der Waals surface area contributed by atoms with Crippen molar-refractivity contribution in [3.8, 4) is 5.69 Å². The molecule has 0 atom stereocenters. The first kappa shape index (κ1) is 13.4. The van der Waals surface area contributed by atoms with Crippen molar-refractivity contribution in [1.29, 1.82) is 0 Å². The van der Waals surface area contributed by atoms with Gasteiger partial charge in [-0.05, 0) is 18.6 Å². The van der Waals surface area contributed by atoms with Gasteiger partial charge in [0.15, 0.2) is 0 Å². The minimum Gasteiger partial charge on any atom is -0.296 e. The number of rotatable bonds is 4. The Balaban J connectivity index is 1.75. The minimum absolute atomic E-state index is 0.240. The molecule has 1 N–H and O–H groups in total. The van der Waals surface area contributed by atoms with Crippen molar-refractivity contribution in [2.45, 2.75) is 13.3 Å². The molecule has 0 aliphatic carbocycles. The van der Waals surface area contributed by atoms with Crippen molar-refractivity contribution < 1.29 is 4.79 Å². The van der Waals surface area contributed by atoms with Crippen molar-refractivity contribution in [3.05, 3.63) is 53.3 Å². The van der Waals surface area contributed by atoms with Crippen LogP contribution in [0.4, 0.5) is 5.13 Å². The molecule has 0 aliphatic rings. The largest absolute Gasteiger partial charge is 0.296 e. The van der Waals surface area contributed by atoms with E-state index in [0.29, 0.717) is 10.7 Å². The molecule has 2 heterocycles. The van der Waals surface area contributed by atoms with E-state index >= 15 is 0 Å². The SMILES string of the molecule is CCc1nnc(NC(=O)c2cnn(-c3ccccc3)c2)s1. The zero-order valence-electron chi connectivity index (χ0n) is 11.4. The maximum Gasteiger partial charge on any atom is 0.260 e. The second-order valence-electron chi connectivity index (χ2n) is 4.32. The van der Waals surface area contributed by atoms with Crippen LogP contribution in [0.3, 0.4) is 0 Å². The summed E-state index contributed by atoms with van der Waals surface area (Å²) in [6.07, 6.45) is 4.02. The molecular formula is C14H13N5OS. The zero-order chi connectivity index (χ0) is 14.7. The van der Waals surface area contributed by atoms with Crippen LogP contribution in [0.5, 0.6) is 0 Å². The molecular weight excluding hydrogens is 286 g/mol. The molecule has 0 bridgehead atoms. The fraction of sp³-hybridized carbons (Fsp3) is 0.143. The molecule has 3 rings (SSSR count). The lowest BCUT2D eigenvalue weighted by Crippen LogP contribution is -2.10. The van der Waals surface area contributed by atoms with Gasteiger partial charge in [-0.1, -0.05) is 36.5 Å². The summed E-state index contributed by atoms with van der Waals surface area (Å²) in [5.41, 5.74) is 1.38. The zero-order valence-corrected chi connectivity index (χ0v) is 12.2.